The first-order chi connectivity index (χ1) is 17.2. The second-order valence-electron chi connectivity index (χ2n) is 9.02. The molecular weight excluding hydrogens is 441 g/mol. The van der Waals surface area contributed by atoms with Crippen LogP contribution in [-0.2, 0) is 13.0 Å². The third-order valence-corrected chi connectivity index (χ3v) is 6.59. The maximum atomic E-state index is 13.5. The van der Waals surface area contributed by atoms with E-state index in [0.29, 0.717) is 19.4 Å². The normalized spacial score (nSPS) is 14.8. The van der Waals surface area contributed by atoms with Gasteiger partial charge in [0.1, 0.15) is 6.17 Å². The molecule has 0 unspecified atom stereocenters. The molecule has 2 aromatic heterocycles. The van der Waals surface area contributed by atoms with E-state index in [1.807, 2.05) is 36.4 Å². The number of para-hydroxylation sites is 1. The van der Waals surface area contributed by atoms with Gasteiger partial charge in [-0.2, -0.15) is 0 Å². The Morgan fingerprint density at radius 3 is 2.60 bits per heavy atom. The number of hydrogen-bond acceptors (Lipinski definition) is 3. The number of benzene rings is 2. The Kier molecular flexibility index (Phi) is 7.04. The van der Waals surface area contributed by atoms with E-state index in [-0.39, 0.29) is 6.03 Å². The first-order valence-corrected chi connectivity index (χ1v) is 12.2. The number of carbonyl (C=O) groups excluding carboxylic acids is 1. The maximum Gasteiger partial charge on any atom is 0.319 e. The van der Waals surface area contributed by atoms with Crippen molar-refractivity contribution in [2.45, 2.75) is 32.0 Å². The molecule has 0 spiro atoms. The molecule has 0 radical (unpaired) electrons. The summed E-state index contributed by atoms with van der Waals surface area (Å²) in [5, 5.41) is 6.97. The quantitative estimate of drug-likeness (QED) is 0.383. The maximum absolute atomic E-state index is 13.5. The van der Waals surface area contributed by atoms with Gasteiger partial charge in [0.2, 0.25) is 0 Å². The summed E-state index contributed by atoms with van der Waals surface area (Å²) in [5.41, 5.74) is 5.15. The number of fused-ring (bicyclic) bond motifs is 1. The van der Waals surface area contributed by atoms with Crippen molar-refractivity contribution in [1.82, 2.24) is 19.8 Å². The van der Waals surface area contributed by atoms with Gasteiger partial charge in [-0.15, -0.1) is 0 Å². The number of anilines is 1. The van der Waals surface area contributed by atoms with E-state index in [1.165, 1.54) is 10.9 Å². The number of amides is 2. The van der Waals surface area contributed by atoms with Crippen LogP contribution in [0.4, 0.5) is 14.9 Å². The van der Waals surface area contributed by atoms with E-state index in [0.717, 1.165) is 48.5 Å². The molecule has 1 aliphatic heterocycles. The van der Waals surface area contributed by atoms with E-state index < -0.39 is 6.17 Å². The standard InChI is InChI=1S/C28H30FN5O/c29-23-12-16-33(17-13-23)15-11-22-20-34(27-6-2-1-5-26(22)27)25-9-7-24(8-10-25)32-28(35)31-19-21-4-3-14-30-18-21/h1-10,14,18,20,23H,11-13,15-17,19H2,(H2,31,32,35). The van der Waals surface area contributed by atoms with Crippen LogP contribution in [0.5, 0.6) is 0 Å². The van der Waals surface area contributed by atoms with Crippen LogP contribution in [0.3, 0.4) is 0 Å². The van der Waals surface area contributed by atoms with Gasteiger partial charge in [-0.3, -0.25) is 4.98 Å². The Labute approximate surface area is 204 Å². The number of alkyl halides is 1. The van der Waals surface area contributed by atoms with E-state index >= 15 is 0 Å². The van der Waals surface area contributed by atoms with Gasteiger partial charge < -0.3 is 20.1 Å². The molecule has 7 heteroatoms. The highest BCUT2D eigenvalue weighted by Gasteiger charge is 2.18. The topological polar surface area (TPSA) is 62.2 Å². The third-order valence-electron chi connectivity index (χ3n) is 6.59. The minimum absolute atomic E-state index is 0.257. The average molecular weight is 472 g/mol. The molecule has 180 valence electrons. The number of piperidine rings is 1. The molecule has 4 aromatic rings. The number of nitrogens with one attached hydrogen (secondary N) is 2. The van der Waals surface area contributed by atoms with Crippen LogP contribution in [-0.4, -0.2) is 46.3 Å². The molecule has 5 rings (SSSR count). The molecule has 0 saturated carbocycles. The van der Waals surface area contributed by atoms with Gasteiger partial charge in [0.05, 0.1) is 5.52 Å². The van der Waals surface area contributed by atoms with Crippen molar-refractivity contribution in [2.75, 3.05) is 25.0 Å². The van der Waals surface area contributed by atoms with Crippen LogP contribution in [0.15, 0.2) is 79.3 Å². The summed E-state index contributed by atoms with van der Waals surface area (Å²) in [7, 11) is 0. The van der Waals surface area contributed by atoms with Crippen molar-refractivity contribution >= 4 is 22.6 Å². The van der Waals surface area contributed by atoms with E-state index in [2.05, 4.69) is 55.5 Å². The average Bonchev–Trinajstić information content (AvgIpc) is 3.27. The second kappa shape index (κ2) is 10.7. The number of hydrogen-bond donors (Lipinski definition) is 2. The van der Waals surface area contributed by atoms with Gasteiger partial charge >= 0.3 is 6.03 Å². The van der Waals surface area contributed by atoms with Crippen molar-refractivity contribution < 1.29 is 9.18 Å². The summed E-state index contributed by atoms with van der Waals surface area (Å²) >= 11 is 0. The highest BCUT2D eigenvalue weighted by Crippen LogP contribution is 2.26. The van der Waals surface area contributed by atoms with Crippen molar-refractivity contribution in [2.24, 2.45) is 0 Å². The molecule has 2 N–H and O–H groups in total. The SMILES string of the molecule is O=C(NCc1cccnc1)Nc1ccc(-n2cc(CCN3CCC(F)CC3)c3ccccc32)cc1. The highest BCUT2D eigenvalue weighted by molar-refractivity contribution is 5.89. The summed E-state index contributed by atoms with van der Waals surface area (Å²) in [4.78, 5) is 18.7. The number of likely N-dealkylation sites (tertiary alicyclic amines) is 1. The minimum atomic E-state index is -0.641. The predicted octanol–water partition coefficient (Wildman–Crippen LogP) is 5.32. The molecule has 0 aliphatic carbocycles. The van der Waals surface area contributed by atoms with Crippen LogP contribution in [0, 0.1) is 0 Å². The molecule has 0 bridgehead atoms. The van der Waals surface area contributed by atoms with Gasteiger partial charge in [-0.25, -0.2) is 9.18 Å². The zero-order valence-electron chi connectivity index (χ0n) is 19.7. The third kappa shape index (κ3) is 5.69. The van der Waals surface area contributed by atoms with Crippen molar-refractivity contribution in [3.63, 3.8) is 0 Å². The molecule has 6 nitrogen and oxygen atoms in total. The number of rotatable bonds is 7. The summed E-state index contributed by atoms with van der Waals surface area (Å²) in [5.74, 6) is 0. The zero-order valence-corrected chi connectivity index (χ0v) is 19.7. The van der Waals surface area contributed by atoms with Crippen LogP contribution < -0.4 is 10.6 Å². The number of pyridine rings is 1. The number of halogens is 1. The summed E-state index contributed by atoms with van der Waals surface area (Å²) < 4.78 is 15.7. The molecule has 1 aliphatic rings. The minimum Gasteiger partial charge on any atom is -0.334 e. The smallest absolute Gasteiger partial charge is 0.319 e. The fourth-order valence-corrected chi connectivity index (χ4v) is 4.63. The number of nitrogens with zero attached hydrogens (tertiary/aromatic N) is 3. The van der Waals surface area contributed by atoms with Gasteiger partial charge in [-0.05, 0) is 66.8 Å². The molecule has 3 heterocycles. The van der Waals surface area contributed by atoms with Crippen LogP contribution in [0.25, 0.3) is 16.6 Å². The Bertz CT molecular complexity index is 1260. The second-order valence-corrected chi connectivity index (χ2v) is 9.02. The molecule has 1 saturated heterocycles. The lowest BCUT2D eigenvalue weighted by molar-refractivity contribution is 0.152. The van der Waals surface area contributed by atoms with Crippen LogP contribution >= 0.6 is 0 Å². The lowest BCUT2D eigenvalue weighted by atomic mass is 10.1. The van der Waals surface area contributed by atoms with Gasteiger partial charge in [0.15, 0.2) is 0 Å². The largest absolute Gasteiger partial charge is 0.334 e. The number of carbonyl (C=O) groups is 1. The first-order valence-electron chi connectivity index (χ1n) is 12.2. The summed E-state index contributed by atoms with van der Waals surface area (Å²) in [6, 6.07) is 19.8. The van der Waals surface area contributed by atoms with E-state index in [4.69, 9.17) is 0 Å². The highest BCUT2D eigenvalue weighted by atomic mass is 19.1. The molecule has 2 amide bonds. The van der Waals surface area contributed by atoms with Gasteiger partial charge in [0.25, 0.3) is 0 Å². The number of aromatic nitrogens is 2. The van der Waals surface area contributed by atoms with Crippen LogP contribution in [0.2, 0.25) is 0 Å². The summed E-state index contributed by atoms with van der Waals surface area (Å²) in [6.45, 7) is 3.04. The van der Waals surface area contributed by atoms with Crippen molar-refractivity contribution in [1.29, 1.82) is 0 Å². The summed E-state index contributed by atoms with van der Waals surface area (Å²) in [6.07, 6.45) is 7.22. The Balaban J connectivity index is 1.25. The lowest BCUT2D eigenvalue weighted by Gasteiger charge is -2.28. The van der Waals surface area contributed by atoms with Crippen molar-refractivity contribution in [3.8, 4) is 5.69 Å². The van der Waals surface area contributed by atoms with Gasteiger partial charge in [0, 0.05) is 61.5 Å². The molecule has 1 fully saturated rings. The number of urea groups is 1. The Morgan fingerprint density at radius 2 is 1.83 bits per heavy atom. The fourth-order valence-electron chi connectivity index (χ4n) is 4.63. The van der Waals surface area contributed by atoms with E-state index in [1.54, 1.807) is 12.4 Å². The lowest BCUT2D eigenvalue weighted by Crippen LogP contribution is -2.35. The van der Waals surface area contributed by atoms with Gasteiger partial charge in [-0.1, -0.05) is 24.3 Å². The fraction of sp³-hybridized carbons (Fsp3) is 0.286. The molecule has 35 heavy (non-hydrogen) atoms. The molecular formula is C28H30FN5O. The van der Waals surface area contributed by atoms with Crippen molar-refractivity contribution in [3.05, 3.63) is 90.4 Å². The Morgan fingerprint density at radius 1 is 1.03 bits per heavy atom. The molecule has 2 aromatic carbocycles. The zero-order chi connectivity index (χ0) is 24.0. The predicted molar refractivity (Wildman–Crippen MR) is 138 cm³/mol. The van der Waals surface area contributed by atoms with E-state index in [9.17, 15) is 9.18 Å². The molecule has 0 atom stereocenters. The van der Waals surface area contributed by atoms with Crippen LogP contribution in [0.1, 0.15) is 24.0 Å². The monoisotopic (exact) mass is 471 g/mol. The first kappa shape index (κ1) is 23.1. The Hall–Kier alpha value is -3.71.